The van der Waals surface area contributed by atoms with E-state index in [2.05, 4.69) is 15.9 Å². The largest absolute Gasteiger partial charge is 0.378 e. The number of benzene rings is 1. The summed E-state index contributed by atoms with van der Waals surface area (Å²) in [6, 6.07) is 8.06. The molecular weight excluding hydrogens is 312 g/mol. The van der Waals surface area contributed by atoms with Crippen LogP contribution in [0.2, 0.25) is 0 Å². The van der Waals surface area contributed by atoms with Gasteiger partial charge in [-0.1, -0.05) is 15.9 Å². The molecule has 98 valence electrons. The second-order valence-corrected chi connectivity index (χ2v) is 6.42. The SMILES string of the molecule is O=C(CCC1CCCO1)CSc1ccc(Br)cc1. The van der Waals surface area contributed by atoms with Crippen LogP contribution in [-0.4, -0.2) is 24.2 Å². The minimum Gasteiger partial charge on any atom is -0.378 e. The Balaban J connectivity index is 1.66. The molecule has 1 aromatic rings. The first-order valence-electron chi connectivity index (χ1n) is 6.26. The van der Waals surface area contributed by atoms with Gasteiger partial charge in [-0.05, 0) is 43.5 Å². The van der Waals surface area contributed by atoms with Gasteiger partial charge < -0.3 is 4.74 Å². The van der Waals surface area contributed by atoms with E-state index >= 15 is 0 Å². The van der Waals surface area contributed by atoms with Crippen LogP contribution in [0.1, 0.15) is 25.7 Å². The Morgan fingerprint density at radius 1 is 1.39 bits per heavy atom. The van der Waals surface area contributed by atoms with Gasteiger partial charge in [0.25, 0.3) is 0 Å². The van der Waals surface area contributed by atoms with Crippen LogP contribution in [0.3, 0.4) is 0 Å². The van der Waals surface area contributed by atoms with Gasteiger partial charge >= 0.3 is 0 Å². The summed E-state index contributed by atoms with van der Waals surface area (Å²) in [5.41, 5.74) is 0. The van der Waals surface area contributed by atoms with Gasteiger partial charge in [-0.2, -0.15) is 0 Å². The summed E-state index contributed by atoms with van der Waals surface area (Å²) in [6.07, 6.45) is 4.12. The number of rotatable bonds is 6. The Morgan fingerprint density at radius 3 is 2.83 bits per heavy atom. The molecule has 1 atom stereocenters. The van der Waals surface area contributed by atoms with Crippen LogP contribution in [0.25, 0.3) is 0 Å². The average molecular weight is 329 g/mol. The van der Waals surface area contributed by atoms with E-state index in [1.165, 1.54) is 0 Å². The number of ketones is 1. The van der Waals surface area contributed by atoms with Crippen LogP contribution >= 0.6 is 27.7 Å². The second-order valence-electron chi connectivity index (χ2n) is 4.45. The summed E-state index contributed by atoms with van der Waals surface area (Å²) in [6.45, 7) is 0.868. The molecule has 0 N–H and O–H groups in total. The molecule has 18 heavy (non-hydrogen) atoms. The van der Waals surface area contributed by atoms with Crippen LogP contribution in [0.15, 0.2) is 33.6 Å². The topological polar surface area (TPSA) is 26.3 Å². The van der Waals surface area contributed by atoms with Crippen molar-refractivity contribution >= 4 is 33.5 Å². The van der Waals surface area contributed by atoms with E-state index in [-0.39, 0.29) is 0 Å². The minimum atomic E-state index is 0.318. The highest BCUT2D eigenvalue weighted by Gasteiger charge is 2.16. The maximum Gasteiger partial charge on any atom is 0.143 e. The molecule has 4 heteroatoms. The van der Waals surface area contributed by atoms with Gasteiger partial charge in [0, 0.05) is 22.4 Å². The lowest BCUT2D eigenvalue weighted by Crippen LogP contribution is -2.09. The molecule has 0 aliphatic carbocycles. The van der Waals surface area contributed by atoms with Crippen LogP contribution < -0.4 is 0 Å². The molecule has 1 aliphatic rings. The molecule has 2 rings (SSSR count). The lowest BCUT2D eigenvalue weighted by atomic mass is 10.1. The molecule has 0 amide bonds. The molecule has 1 heterocycles. The second kappa shape index (κ2) is 7.31. The Hall–Kier alpha value is -0.320. The molecule has 0 saturated carbocycles. The third kappa shape index (κ3) is 4.75. The number of Topliss-reactive ketones (excluding diaryl/α,β-unsaturated/α-hetero) is 1. The smallest absolute Gasteiger partial charge is 0.143 e. The summed E-state index contributed by atoms with van der Waals surface area (Å²) in [5, 5.41) is 0. The highest BCUT2D eigenvalue weighted by atomic mass is 79.9. The van der Waals surface area contributed by atoms with Gasteiger partial charge in [-0.25, -0.2) is 0 Å². The molecule has 2 nitrogen and oxygen atoms in total. The Morgan fingerprint density at radius 2 is 2.17 bits per heavy atom. The normalized spacial score (nSPS) is 19.1. The van der Waals surface area contributed by atoms with E-state index in [1.807, 2.05) is 24.3 Å². The quantitative estimate of drug-likeness (QED) is 0.736. The monoisotopic (exact) mass is 328 g/mol. The number of carbonyl (C=O) groups is 1. The zero-order valence-electron chi connectivity index (χ0n) is 10.2. The fourth-order valence-electron chi connectivity index (χ4n) is 1.96. The molecule has 0 aromatic heterocycles. The van der Waals surface area contributed by atoms with E-state index < -0.39 is 0 Å². The van der Waals surface area contributed by atoms with Crippen molar-refractivity contribution in [3.63, 3.8) is 0 Å². The summed E-state index contributed by atoms with van der Waals surface area (Å²) in [4.78, 5) is 12.9. The van der Waals surface area contributed by atoms with E-state index in [0.717, 1.165) is 35.2 Å². The number of halogens is 1. The van der Waals surface area contributed by atoms with Crippen LogP contribution in [-0.2, 0) is 9.53 Å². The van der Waals surface area contributed by atoms with E-state index in [1.54, 1.807) is 11.8 Å². The van der Waals surface area contributed by atoms with Crippen molar-refractivity contribution in [2.24, 2.45) is 0 Å². The highest BCUT2D eigenvalue weighted by Crippen LogP contribution is 2.22. The first-order valence-corrected chi connectivity index (χ1v) is 8.03. The fraction of sp³-hybridized carbons (Fsp3) is 0.500. The molecule has 1 unspecified atom stereocenters. The van der Waals surface area contributed by atoms with Crippen molar-refractivity contribution in [2.75, 3.05) is 12.4 Å². The van der Waals surface area contributed by atoms with Gasteiger partial charge in [0.2, 0.25) is 0 Å². The minimum absolute atomic E-state index is 0.318. The third-order valence-electron chi connectivity index (χ3n) is 2.98. The van der Waals surface area contributed by atoms with Gasteiger partial charge in [0.15, 0.2) is 0 Å². The van der Waals surface area contributed by atoms with Crippen molar-refractivity contribution in [2.45, 2.75) is 36.7 Å². The summed E-state index contributed by atoms with van der Waals surface area (Å²) in [5.74, 6) is 0.882. The lowest BCUT2D eigenvalue weighted by molar-refractivity contribution is -0.117. The number of carbonyl (C=O) groups excluding carboxylic acids is 1. The van der Waals surface area contributed by atoms with Gasteiger partial charge in [-0.15, -0.1) is 11.8 Å². The first kappa shape index (κ1) is 14.1. The molecule has 0 radical (unpaired) electrons. The molecule has 1 saturated heterocycles. The van der Waals surface area contributed by atoms with Crippen LogP contribution in [0.5, 0.6) is 0 Å². The van der Waals surface area contributed by atoms with Crippen molar-refractivity contribution in [1.82, 2.24) is 0 Å². The van der Waals surface area contributed by atoms with E-state index in [0.29, 0.717) is 24.1 Å². The zero-order chi connectivity index (χ0) is 12.8. The van der Waals surface area contributed by atoms with Crippen molar-refractivity contribution < 1.29 is 9.53 Å². The zero-order valence-corrected chi connectivity index (χ0v) is 12.6. The Bertz CT molecular complexity index is 385. The predicted molar refractivity (Wildman–Crippen MR) is 78.1 cm³/mol. The van der Waals surface area contributed by atoms with Gasteiger partial charge in [-0.3, -0.25) is 4.79 Å². The molecule has 1 aromatic carbocycles. The van der Waals surface area contributed by atoms with Gasteiger partial charge in [0.05, 0.1) is 11.9 Å². The standard InChI is InChI=1S/C14H17BrO2S/c15-11-3-7-14(8-4-11)18-10-12(16)5-6-13-2-1-9-17-13/h3-4,7-8,13H,1-2,5-6,9-10H2. The van der Waals surface area contributed by atoms with Gasteiger partial charge in [0.1, 0.15) is 5.78 Å². The maximum absolute atomic E-state index is 11.8. The predicted octanol–water partition coefficient (Wildman–Crippen LogP) is 4.07. The third-order valence-corrected chi connectivity index (χ3v) is 4.58. The van der Waals surface area contributed by atoms with E-state index in [9.17, 15) is 4.79 Å². The first-order chi connectivity index (χ1) is 8.74. The number of ether oxygens (including phenoxy) is 1. The van der Waals surface area contributed by atoms with Crippen molar-refractivity contribution in [3.8, 4) is 0 Å². The fourth-order valence-corrected chi connectivity index (χ4v) is 3.03. The summed E-state index contributed by atoms with van der Waals surface area (Å²) in [7, 11) is 0. The number of hydrogen-bond donors (Lipinski definition) is 0. The molecular formula is C14H17BrO2S. The van der Waals surface area contributed by atoms with E-state index in [4.69, 9.17) is 4.74 Å². The molecule has 0 bridgehead atoms. The molecule has 1 fully saturated rings. The maximum atomic E-state index is 11.8. The highest BCUT2D eigenvalue weighted by molar-refractivity contribution is 9.10. The lowest BCUT2D eigenvalue weighted by Gasteiger charge is -2.07. The Kier molecular flexibility index (Phi) is 5.73. The van der Waals surface area contributed by atoms with Crippen LogP contribution in [0.4, 0.5) is 0 Å². The summed E-state index contributed by atoms with van der Waals surface area (Å²) < 4.78 is 6.58. The average Bonchev–Trinajstić information content (AvgIpc) is 2.89. The molecule has 1 aliphatic heterocycles. The molecule has 0 spiro atoms. The summed E-state index contributed by atoms with van der Waals surface area (Å²) >= 11 is 5.01. The van der Waals surface area contributed by atoms with Crippen LogP contribution in [0, 0.1) is 0 Å². The van der Waals surface area contributed by atoms with Crippen molar-refractivity contribution in [3.05, 3.63) is 28.7 Å². The van der Waals surface area contributed by atoms with Crippen molar-refractivity contribution in [1.29, 1.82) is 0 Å². The number of hydrogen-bond acceptors (Lipinski definition) is 3. The Labute approximate surface area is 121 Å². The number of thioether (sulfide) groups is 1.